The van der Waals surface area contributed by atoms with Gasteiger partial charge in [-0.1, -0.05) is 0 Å². The van der Waals surface area contributed by atoms with Crippen LogP contribution in [0.15, 0.2) is 0 Å². The summed E-state index contributed by atoms with van der Waals surface area (Å²) in [4.78, 5) is 16.7. The SMILES string of the molecule is CCOC(OCC)OP(=O)(O)O. The maximum atomic E-state index is 10.3. The van der Waals surface area contributed by atoms with Gasteiger partial charge in [0, 0.05) is 13.2 Å². The molecule has 0 fully saturated rings. The molecule has 0 aliphatic rings. The molecule has 0 unspecified atom stereocenters. The molecule has 0 heterocycles. The van der Waals surface area contributed by atoms with Gasteiger partial charge in [-0.15, -0.1) is 0 Å². The minimum atomic E-state index is -4.53. The molecule has 0 aliphatic heterocycles. The van der Waals surface area contributed by atoms with Gasteiger partial charge in [-0.05, 0) is 13.8 Å². The lowest BCUT2D eigenvalue weighted by Gasteiger charge is -2.16. The first kappa shape index (κ1) is 12.0. The van der Waals surface area contributed by atoms with Crippen LogP contribution in [0.25, 0.3) is 0 Å². The van der Waals surface area contributed by atoms with Gasteiger partial charge in [0.25, 0.3) is 6.48 Å². The van der Waals surface area contributed by atoms with Crippen molar-refractivity contribution >= 4 is 7.82 Å². The summed E-state index contributed by atoms with van der Waals surface area (Å²) in [5.74, 6) is 0. The molecule has 0 aromatic rings. The lowest BCUT2D eigenvalue weighted by Crippen LogP contribution is -2.19. The Labute approximate surface area is 70.7 Å². The Bertz CT molecular complexity index is 148. The van der Waals surface area contributed by atoms with Crippen molar-refractivity contribution in [2.75, 3.05) is 13.2 Å². The van der Waals surface area contributed by atoms with Gasteiger partial charge < -0.3 is 19.3 Å². The number of hydrogen-bond acceptors (Lipinski definition) is 4. The van der Waals surface area contributed by atoms with Crippen molar-refractivity contribution < 1.29 is 28.3 Å². The van der Waals surface area contributed by atoms with Crippen molar-refractivity contribution in [3.63, 3.8) is 0 Å². The van der Waals surface area contributed by atoms with Crippen LogP contribution < -0.4 is 0 Å². The summed E-state index contributed by atoms with van der Waals surface area (Å²) in [6.07, 6.45) is 0. The van der Waals surface area contributed by atoms with E-state index >= 15 is 0 Å². The predicted octanol–water partition coefficient (Wildman–Crippen LogP) is 0.452. The quantitative estimate of drug-likeness (QED) is 0.478. The average molecular weight is 200 g/mol. The van der Waals surface area contributed by atoms with Crippen molar-refractivity contribution in [2.24, 2.45) is 0 Å². The van der Waals surface area contributed by atoms with Gasteiger partial charge >= 0.3 is 7.82 Å². The second-order valence-electron chi connectivity index (χ2n) is 1.80. The topological polar surface area (TPSA) is 85.2 Å². The van der Waals surface area contributed by atoms with Crippen LogP contribution in [-0.2, 0) is 18.6 Å². The fourth-order valence-corrected chi connectivity index (χ4v) is 0.839. The highest BCUT2D eigenvalue weighted by Crippen LogP contribution is 2.37. The molecule has 0 saturated carbocycles. The highest BCUT2D eigenvalue weighted by atomic mass is 31.2. The maximum absolute atomic E-state index is 10.3. The minimum absolute atomic E-state index is 0.255. The number of rotatable bonds is 6. The van der Waals surface area contributed by atoms with Crippen LogP contribution in [0, 0.1) is 0 Å². The highest BCUT2D eigenvalue weighted by molar-refractivity contribution is 7.46. The Morgan fingerprint density at radius 3 is 1.92 bits per heavy atom. The molecular weight excluding hydrogens is 187 g/mol. The van der Waals surface area contributed by atoms with Crippen LogP contribution in [0.4, 0.5) is 0 Å². The standard InChI is InChI=1S/C5H13O6P/c1-3-9-5(10-4-2)11-12(6,7)8/h5H,3-4H2,1-2H3,(H2,6,7,8). The van der Waals surface area contributed by atoms with E-state index in [0.717, 1.165) is 0 Å². The van der Waals surface area contributed by atoms with Gasteiger partial charge in [0.2, 0.25) is 0 Å². The Balaban J connectivity index is 3.86. The first-order valence-electron chi connectivity index (χ1n) is 3.46. The number of hydrogen-bond donors (Lipinski definition) is 2. The molecule has 74 valence electrons. The molecular formula is C5H13O6P. The van der Waals surface area contributed by atoms with E-state index in [2.05, 4.69) is 4.52 Å². The zero-order valence-corrected chi connectivity index (χ0v) is 7.86. The molecule has 2 N–H and O–H groups in total. The van der Waals surface area contributed by atoms with E-state index in [1.165, 1.54) is 0 Å². The summed E-state index contributed by atoms with van der Waals surface area (Å²) in [5.41, 5.74) is 0. The zero-order valence-electron chi connectivity index (χ0n) is 6.97. The third kappa shape index (κ3) is 6.72. The van der Waals surface area contributed by atoms with Crippen LogP contribution in [0.1, 0.15) is 13.8 Å². The van der Waals surface area contributed by atoms with E-state index < -0.39 is 14.3 Å². The lowest BCUT2D eigenvalue weighted by atomic mass is 10.8. The molecule has 0 atom stereocenters. The summed E-state index contributed by atoms with van der Waals surface area (Å²) in [6.45, 7) is 2.54. The van der Waals surface area contributed by atoms with Gasteiger partial charge in [-0.25, -0.2) is 9.09 Å². The second-order valence-corrected chi connectivity index (χ2v) is 2.99. The molecule has 0 aromatic carbocycles. The van der Waals surface area contributed by atoms with E-state index in [9.17, 15) is 4.57 Å². The van der Waals surface area contributed by atoms with E-state index in [-0.39, 0.29) is 13.2 Å². The molecule has 7 heteroatoms. The molecule has 6 nitrogen and oxygen atoms in total. The summed E-state index contributed by atoms with van der Waals surface area (Å²) in [6, 6.07) is 0. The molecule has 0 saturated heterocycles. The zero-order chi connectivity index (χ0) is 9.61. The van der Waals surface area contributed by atoms with Crippen molar-refractivity contribution in [1.82, 2.24) is 0 Å². The summed E-state index contributed by atoms with van der Waals surface area (Å²) in [7, 11) is -4.53. The van der Waals surface area contributed by atoms with Gasteiger partial charge in [0.05, 0.1) is 0 Å². The third-order valence-corrected chi connectivity index (χ3v) is 1.28. The van der Waals surface area contributed by atoms with Gasteiger partial charge in [-0.3, -0.25) is 0 Å². The molecule has 0 rings (SSSR count). The summed E-state index contributed by atoms with van der Waals surface area (Å²) >= 11 is 0. The van der Waals surface area contributed by atoms with E-state index in [0.29, 0.717) is 0 Å². The molecule has 0 bridgehead atoms. The molecule has 0 aliphatic carbocycles. The van der Waals surface area contributed by atoms with Gasteiger partial charge in [0.1, 0.15) is 0 Å². The van der Waals surface area contributed by atoms with Crippen LogP contribution >= 0.6 is 7.82 Å². The Hall–Kier alpha value is 0.0300. The van der Waals surface area contributed by atoms with Crippen molar-refractivity contribution in [2.45, 2.75) is 20.3 Å². The molecule has 12 heavy (non-hydrogen) atoms. The fraction of sp³-hybridized carbons (Fsp3) is 1.00. The van der Waals surface area contributed by atoms with Crippen LogP contribution in [-0.4, -0.2) is 29.5 Å². The molecule has 0 spiro atoms. The lowest BCUT2D eigenvalue weighted by molar-refractivity contribution is -0.248. The third-order valence-electron chi connectivity index (χ3n) is 0.829. The summed E-state index contributed by atoms with van der Waals surface area (Å²) < 4.78 is 23.9. The Morgan fingerprint density at radius 1 is 1.25 bits per heavy atom. The minimum Gasteiger partial charge on any atom is -0.330 e. The van der Waals surface area contributed by atoms with E-state index in [4.69, 9.17) is 19.3 Å². The number of phosphoric ester groups is 1. The molecule has 0 radical (unpaired) electrons. The van der Waals surface area contributed by atoms with Crippen molar-refractivity contribution in [3.8, 4) is 0 Å². The first-order valence-corrected chi connectivity index (χ1v) is 4.99. The Morgan fingerprint density at radius 2 is 1.67 bits per heavy atom. The van der Waals surface area contributed by atoms with Crippen LogP contribution in [0.2, 0.25) is 0 Å². The first-order chi connectivity index (χ1) is 5.49. The van der Waals surface area contributed by atoms with Crippen molar-refractivity contribution in [1.29, 1.82) is 0 Å². The van der Waals surface area contributed by atoms with Gasteiger partial charge in [0.15, 0.2) is 0 Å². The van der Waals surface area contributed by atoms with Gasteiger partial charge in [-0.2, -0.15) is 0 Å². The normalized spacial score (nSPS) is 12.4. The van der Waals surface area contributed by atoms with Crippen molar-refractivity contribution in [3.05, 3.63) is 0 Å². The molecule has 0 aromatic heterocycles. The summed E-state index contributed by atoms with van der Waals surface area (Å²) in [5, 5.41) is 0. The largest absolute Gasteiger partial charge is 0.473 e. The number of ether oxygens (including phenoxy) is 2. The monoisotopic (exact) mass is 200 g/mol. The predicted molar refractivity (Wildman–Crippen MR) is 40.2 cm³/mol. The van der Waals surface area contributed by atoms with E-state index in [1.54, 1.807) is 13.8 Å². The van der Waals surface area contributed by atoms with Crippen LogP contribution in [0.3, 0.4) is 0 Å². The Kier molecular flexibility index (Phi) is 5.65. The average Bonchev–Trinajstić information content (AvgIpc) is 1.84. The second kappa shape index (κ2) is 5.64. The maximum Gasteiger partial charge on any atom is 0.473 e. The number of phosphoric acid groups is 1. The fourth-order valence-electron chi connectivity index (χ4n) is 0.493. The molecule has 0 amide bonds. The van der Waals surface area contributed by atoms with E-state index in [1.807, 2.05) is 0 Å². The highest BCUT2D eigenvalue weighted by Gasteiger charge is 2.22. The van der Waals surface area contributed by atoms with Crippen LogP contribution in [0.5, 0.6) is 0 Å². The smallest absolute Gasteiger partial charge is 0.330 e.